The van der Waals surface area contributed by atoms with Crippen molar-refractivity contribution in [2.24, 2.45) is 0 Å². The molecule has 1 aromatic heterocycles. The zero-order chi connectivity index (χ0) is 22.5. The lowest BCUT2D eigenvalue weighted by Crippen LogP contribution is -2.11. The highest BCUT2D eigenvalue weighted by Gasteiger charge is 2.13. The Balaban J connectivity index is 1.56. The molecule has 1 heterocycles. The number of hydrogen-bond acceptors (Lipinski definition) is 7. The van der Waals surface area contributed by atoms with Crippen LogP contribution in [0.5, 0.6) is 11.5 Å². The highest BCUT2D eigenvalue weighted by molar-refractivity contribution is 6.04. The summed E-state index contributed by atoms with van der Waals surface area (Å²) < 4.78 is 10.5. The topological polar surface area (TPSA) is 102 Å². The summed E-state index contributed by atoms with van der Waals surface area (Å²) in [4.78, 5) is 32.3. The monoisotopic (exact) mass is 428 g/mol. The average molecular weight is 428 g/mol. The van der Waals surface area contributed by atoms with Crippen LogP contribution in [0, 0.1) is 0 Å². The van der Waals surface area contributed by atoms with Gasteiger partial charge < -0.3 is 20.1 Å². The first-order chi connectivity index (χ1) is 15.5. The first-order valence-corrected chi connectivity index (χ1v) is 9.78. The van der Waals surface area contributed by atoms with E-state index in [1.54, 1.807) is 36.4 Å². The Morgan fingerprint density at radius 2 is 1.59 bits per heavy atom. The summed E-state index contributed by atoms with van der Waals surface area (Å²) in [5, 5.41) is 6.75. The van der Waals surface area contributed by atoms with E-state index in [9.17, 15) is 9.59 Å². The lowest BCUT2D eigenvalue weighted by atomic mass is 10.2. The molecule has 0 bridgehead atoms. The van der Waals surface area contributed by atoms with E-state index < -0.39 is 5.97 Å². The molecule has 4 aromatic rings. The molecule has 0 saturated heterocycles. The van der Waals surface area contributed by atoms with Crippen molar-refractivity contribution < 1.29 is 19.1 Å². The molecule has 1 amide bonds. The maximum absolute atomic E-state index is 12.3. The zero-order valence-electron chi connectivity index (χ0n) is 17.5. The third-order valence-corrected chi connectivity index (χ3v) is 4.62. The normalized spacial score (nSPS) is 10.4. The molecule has 0 aliphatic carbocycles. The molecule has 0 aliphatic rings. The number of methoxy groups -OCH3 is 1. The molecule has 0 aliphatic heterocycles. The number of nitrogens with zero attached hydrogens (tertiary/aromatic N) is 2. The maximum Gasteiger partial charge on any atom is 0.308 e. The largest absolute Gasteiger partial charge is 0.493 e. The van der Waals surface area contributed by atoms with E-state index in [2.05, 4.69) is 20.6 Å². The molecular formula is C24H20N4O4. The molecule has 8 nitrogen and oxygen atoms in total. The summed E-state index contributed by atoms with van der Waals surface area (Å²) in [6.07, 6.45) is 1.43. The molecular weight excluding hydrogens is 408 g/mol. The Bertz CT molecular complexity index is 1270. The first-order valence-electron chi connectivity index (χ1n) is 9.78. The van der Waals surface area contributed by atoms with Gasteiger partial charge in [-0.3, -0.25) is 9.59 Å². The molecule has 0 atom stereocenters. The van der Waals surface area contributed by atoms with E-state index in [4.69, 9.17) is 9.47 Å². The van der Waals surface area contributed by atoms with Crippen LogP contribution in [0.25, 0.3) is 10.9 Å². The fourth-order valence-corrected chi connectivity index (χ4v) is 3.12. The van der Waals surface area contributed by atoms with Crippen molar-refractivity contribution in [1.29, 1.82) is 0 Å². The standard InChI is InChI=1S/C24H20N4O4/c1-15(29)32-22-12-19-20(13-21(22)31-2)25-14-26-23(19)27-17-8-10-18(11-9-17)28-24(30)16-6-4-3-5-7-16/h3-14H,1-2H3,(H,28,30)(H,25,26,27). The van der Waals surface area contributed by atoms with Crippen LogP contribution >= 0.6 is 0 Å². The Labute approximate surface area is 184 Å². The number of fused-ring (bicyclic) bond motifs is 1. The lowest BCUT2D eigenvalue weighted by Gasteiger charge is -2.13. The van der Waals surface area contributed by atoms with Crippen LogP contribution in [-0.4, -0.2) is 29.0 Å². The number of amides is 1. The van der Waals surface area contributed by atoms with Gasteiger partial charge in [0.15, 0.2) is 11.5 Å². The molecule has 2 N–H and O–H groups in total. The summed E-state index contributed by atoms with van der Waals surface area (Å²) in [7, 11) is 1.49. The van der Waals surface area contributed by atoms with E-state index >= 15 is 0 Å². The van der Waals surface area contributed by atoms with Crippen LogP contribution in [0.1, 0.15) is 17.3 Å². The third kappa shape index (κ3) is 4.65. The van der Waals surface area contributed by atoms with E-state index in [-0.39, 0.29) is 11.7 Å². The predicted octanol–water partition coefficient (Wildman–Crippen LogP) is 4.56. The lowest BCUT2D eigenvalue weighted by molar-refractivity contribution is -0.132. The molecule has 0 unspecified atom stereocenters. The van der Waals surface area contributed by atoms with Crippen LogP contribution < -0.4 is 20.1 Å². The highest BCUT2D eigenvalue weighted by Crippen LogP contribution is 2.34. The van der Waals surface area contributed by atoms with Crippen LogP contribution in [0.3, 0.4) is 0 Å². The number of benzene rings is 3. The highest BCUT2D eigenvalue weighted by atomic mass is 16.6. The molecule has 8 heteroatoms. The van der Waals surface area contributed by atoms with Crippen molar-refractivity contribution in [1.82, 2.24) is 9.97 Å². The van der Waals surface area contributed by atoms with E-state index in [0.29, 0.717) is 33.7 Å². The summed E-state index contributed by atoms with van der Waals surface area (Å²) >= 11 is 0. The van der Waals surface area contributed by atoms with Crippen molar-refractivity contribution in [3.8, 4) is 11.5 Å². The minimum absolute atomic E-state index is 0.181. The number of carbonyl (C=O) groups is 2. The van der Waals surface area contributed by atoms with Crippen LogP contribution in [-0.2, 0) is 4.79 Å². The second kappa shape index (κ2) is 9.13. The summed E-state index contributed by atoms with van der Waals surface area (Å²) in [6.45, 7) is 1.32. The second-order valence-corrected chi connectivity index (χ2v) is 6.86. The number of hydrogen-bond donors (Lipinski definition) is 2. The molecule has 0 saturated carbocycles. The van der Waals surface area contributed by atoms with Gasteiger partial charge in [-0.2, -0.15) is 0 Å². The molecule has 160 valence electrons. The summed E-state index contributed by atoms with van der Waals surface area (Å²) in [5.74, 6) is 0.578. The van der Waals surface area contributed by atoms with E-state index in [0.717, 1.165) is 5.69 Å². The average Bonchev–Trinajstić information content (AvgIpc) is 2.80. The molecule has 4 rings (SSSR count). The van der Waals surface area contributed by atoms with Gasteiger partial charge in [0, 0.05) is 35.3 Å². The molecule has 3 aromatic carbocycles. The first kappa shape index (κ1) is 20.8. The van der Waals surface area contributed by atoms with Gasteiger partial charge in [-0.25, -0.2) is 9.97 Å². The van der Waals surface area contributed by atoms with Gasteiger partial charge in [0.25, 0.3) is 5.91 Å². The number of aromatic nitrogens is 2. The van der Waals surface area contributed by atoms with Crippen molar-refractivity contribution in [2.75, 3.05) is 17.7 Å². The van der Waals surface area contributed by atoms with Gasteiger partial charge in [0.1, 0.15) is 12.1 Å². The van der Waals surface area contributed by atoms with Crippen molar-refractivity contribution >= 4 is 40.0 Å². The Morgan fingerprint density at radius 1 is 0.875 bits per heavy atom. The van der Waals surface area contributed by atoms with Gasteiger partial charge in [0.2, 0.25) is 0 Å². The number of carbonyl (C=O) groups excluding carboxylic acids is 2. The number of rotatable bonds is 6. The Morgan fingerprint density at radius 3 is 2.28 bits per heavy atom. The zero-order valence-corrected chi connectivity index (χ0v) is 17.5. The van der Waals surface area contributed by atoms with Gasteiger partial charge in [-0.05, 0) is 42.5 Å². The van der Waals surface area contributed by atoms with Crippen LogP contribution in [0.2, 0.25) is 0 Å². The second-order valence-electron chi connectivity index (χ2n) is 6.86. The van der Waals surface area contributed by atoms with Gasteiger partial charge in [0.05, 0.1) is 12.6 Å². The van der Waals surface area contributed by atoms with Gasteiger partial charge >= 0.3 is 5.97 Å². The fourth-order valence-electron chi connectivity index (χ4n) is 3.12. The van der Waals surface area contributed by atoms with Crippen LogP contribution in [0.15, 0.2) is 73.1 Å². The number of esters is 1. The van der Waals surface area contributed by atoms with E-state index in [1.807, 2.05) is 30.3 Å². The van der Waals surface area contributed by atoms with E-state index in [1.165, 1.54) is 20.4 Å². The Hall–Kier alpha value is -4.46. The van der Waals surface area contributed by atoms with Gasteiger partial charge in [-0.15, -0.1) is 0 Å². The van der Waals surface area contributed by atoms with Crippen molar-refractivity contribution in [3.63, 3.8) is 0 Å². The molecule has 0 spiro atoms. The van der Waals surface area contributed by atoms with Crippen molar-refractivity contribution in [2.45, 2.75) is 6.92 Å². The minimum Gasteiger partial charge on any atom is -0.493 e. The minimum atomic E-state index is -0.456. The molecule has 0 radical (unpaired) electrons. The Kier molecular flexibility index (Phi) is 5.94. The SMILES string of the molecule is COc1cc2ncnc(Nc3ccc(NC(=O)c4ccccc4)cc3)c2cc1OC(C)=O. The smallest absolute Gasteiger partial charge is 0.308 e. The summed E-state index contributed by atoms with van der Waals surface area (Å²) in [5.41, 5.74) is 2.63. The van der Waals surface area contributed by atoms with Crippen molar-refractivity contribution in [3.05, 3.63) is 78.6 Å². The fraction of sp³-hybridized carbons (Fsp3) is 0.0833. The number of anilines is 3. The van der Waals surface area contributed by atoms with Crippen LogP contribution in [0.4, 0.5) is 17.2 Å². The van der Waals surface area contributed by atoms with Gasteiger partial charge in [-0.1, -0.05) is 18.2 Å². The molecule has 32 heavy (non-hydrogen) atoms. The molecule has 0 fully saturated rings. The summed E-state index contributed by atoms with van der Waals surface area (Å²) in [6, 6.07) is 19.6. The quantitative estimate of drug-likeness (QED) is 0.343. The number of nitrogens with one attached hydrogen (secondary N) is 2. The third-order valence-electron chi connectivity index (χ3n) is 4.62. The predicted molar refractivity (Wildman–Crippen MR) is 122 cm³/mol. The number of ether oxygens (including phenoxy) is 2. The maximum atomic E-state index is 12.3.